The summed E-state index contributed by atoms with van der Waals surface area (Å²) in [5.74, 6) is 0.682. The highest BCUT2D eigenvalue weighted by atomic mass is 14.4. The molecular formula is C17H20. The van der Waals surface area contributed by atoms with Gasteiger partial charge in [-0.3, -0.25) is 0 Å². The van der Waals surface area contributed by atoms with Crippen molar-refractivity contribution in [3.63, 3.8) is 0 Å². The van der Waals surface area contributed by atoms with Gasteiger partial charge in [-0.1, -0.05) is 68.3 Å². The molecule has 0 radical (unpaired) electrons. The molecular weight excluding hydrogens is 204 g/mol. The van der Waals surface area contributed by atoms with Crippen LogP contribution in [-0.2, 0) is 0 Å². The van der Waals surface area contributed by atoms with Crippen LogP contribution in [0.2, 0.25) is 0 Å². The Balaban J connectivity index is 1.94. The molecule has 0 aliphatic heterocycles. The van der Waals surface area contributed by atoms with Crippen molar-refractivity contribution in [2.75, 3.05) is 0 Å². The van der Waals surface area contributed by atoms with Gasteiger partial charge in [0.2, 0.25) is 0 Å². The fourth-order valence-corrected chi connectivity index (χ4v) is 3.41. The Morgan fingerprint density at radius 2 is 1.82 bits per heavy atom. The third kappa shape index (κ3) is 1.76. The first-order valence-corrected chi connectivity index (χ1v) is 6.66. The summed E-state index contributed by atoms with van der Waals surface area (Å²) in [5, 5.41) is 0. The van der Waals surface area contributed by atoms with E-state index in [0.717, 1.165) is 0 Å². The lowest BCUT2D eigenvalue weighted by Crippen LogP contribution is -2.25. The van der Waals surface area contributed by atoms with Gasteiger partial charge in [-0.15, -0.1) is 0 Å². The van der Waals surface area contributed by atoms with Crippen molar-refractivity contribution in [1.29, 1.82) is 0 Å². The Morgan fingerprint density at radius 3 is 2.59 bits per heavy atom. The van der Waals surface area contributed by atoms with E-state index in [1.165, 1.54) is 30.4 Å². The predicted molar refractivity (Wildman–Crippen MR) is 73.6 cm³/mol. The molecule has 2 aliphatic carbocycles. The fraction of sp³-hybridized carbons (Fsp3) is 0.412. The maximum atomic E-state index is 2.40. The Kier molecular flexibility index (Phi) is 2.47. The van der Waals surface area contributed by atoms with Crippen LogP contribution in [0.5, 0.6) is 0 Å². The lowest BCUT2D eigenvalue weighted by atomic mass is 9.67. The van der Waals surface area contributed by atoms with Crippen LogP contribution in [0.4, 0.5) is 0 Å². The molecule has 3 rings (SSSR count). The minimum atomic E-state index is 0.399. The molecule has 0 N–H and O–H groups in total. The van der Waals surface area contributed by atoms with Crippen molar-refractivity contribution < 1.29 is 0 Å². The van der Waals surface area contributed by atoms with Gasteiger partial charge in [0.1, 0.15) is 0 Å². The highest BCUT2D eigenvalue weighted by Crippen LogP contribution is 2.51. The molecule has 1 fully saturated rings. The molecule has 0 heteroatoms. The molecule has 1 aromatic carbocycles. The molecule has 0 unspecified atom stereocenters. The molecule has 0 spiro atoms. The van der Waals surface area contributed by atoms with Crippen LogP contribution in [0.1, 0.15) is 38.7 Å². The van der Waals surface area contributed by atoms with Crippen molar-refractivity contribution in [2.24, 2.45) is 11.3 Å². The van der Waals surface area contributed by atoms with Crippen molar-refractivity contribution >= 4 is 5.57 Å². The van der Waals surface area contributed by atoms with Crippen molar-refractivity contribution in [3.8, 4) is 0 Å². The maximum absolute atomic E-state index is 2.40. The van der Waals surface area contributed by atoms with E-state index in [1.54, 1.807) is 5.57 Å². The van der Waals surface area contributed by atoms with Gasteiger partial charge in [0.15, 0.2) is 0 Å². The zero-order valence-corrected chi connectivity index (χ0v) is 10.7. The van der Waals surface area contributed by atoms with E-state index in [2.05, 4.69) is 56.3 Å². The molecule has 0 aromatic heterocycles. The Bertz CT molecular complexity index is 474. The summed E-state index contributed by atoms with van der Waals surface area (Å²) >= 11 is 0. The average molecular weight is 224 g/mol. The van der Waals surface area contributed by atoms with E-state index >= 15 is 0 Å². The normalized spacial score (nSPS) is 26.1. The highest BCUT2D eigenvalue weighted by molar-refractivity contribution is 5.75. The summed E-state index contributed by atoms with van der Waals surface area (Å²) in [7, 11) is 0. The standard InChI is InChI=1S/C17H20/c1-17(2)12-6-9-15-14(10-11-16(15)17)13-7-4-3-5-8-13/h3-5,7-8,10-11,15H,6,9,12H2,1-2H3/t15-/m1/s1. The van der Waals surface area contributed by atoms with Crippen LogP contribution in [0, 0.1) is 11.3 Å². The van der Waals surface area contributed by atoms with Crippen molar-refractivity contribution in [3.05, 3.63) is 53.6 Å². The molecule has 0 saturated heterocycles. The van der Waals surface area contributed by atoms with E-state index in [9.17, 15) is 0 Å². The second-order valence-electron chi connectivity index (χ2n) is 5.94. The van der Waals surface area contributed by atoms with Gasteiger partial charge in [-0.05, 0) is 29.4 Å². The third-order valence-corrected chi connectivity index (χ3v) is 4.38. The smallest absolute Gasteiger partial charge is 0.00625 e. The molecule has 1 aromatic rings. The summed E-state index contributed by atoms with van der Waals surface area (Å²) < 4.78 is 0. The second-order valence-corrected chi connectivity index (χ2v) is 5.94. The Morgan fingerprint density at radius 1 is 1.06 bits per heavy atom. The van der Waals surface area contributed by atoms with E-state index in [-0.39, 0.29) is 0 Å². The number of benzene rings is 1. The minimum absolute atomic E-state index is 0.399. The summed E-state index contributed by atoms with van der Waals surface area (Å²) in [6, 6.07) is 10.9. The summed E-state index contributed by atoms with van der Waals surface area (Å²) in [6.45, 7) is 4.79. The Labute approximate surface area is 104 Å². The largest absolute Gasteiger partial charge is 0.0622 e. The third-order valence-electron chi connectivity index (χ3n) is 4.38. The van der Waals surface area contributed by atoms with Crippen LogP contribution >= 0.6 is 0 Å². The molecule has 1 atom stereocenters. The van der Waals surface area contributed by atoms with Gasteiger partial charge in [0.05, 0.1) is 0 Å². The van der Waals surface area contributed by atoms with Gasteiger partial charge in [0.25, 0.3) is 0 Å². The fourth-order valence-electron chi connectivity index (χ4n) is 3.41. The van der Waals surface area contributed by atoms with E-state index in [1.807, 2.05) is 0 Å². The monoisotopic (exact) mass is 224 g/mol. The summed E-state index contributed by atoms with van der Waals surface area (Å²) in [4.78, 5) is 0. The molecule has 88 valence electrons. The van der Waals surface area contributed by atoms with E-state index in [0.29, 0.717) is 11.3 Å². The van der Waals surface area contributed by atoms with Gasteiger partial charge in [0, 0.05) is 5.92 Å². The topological polar surface area (TPSA) is 0 Å². The number of rotatable bonds is 1. The predicted octanol–water partition coefficient (Wildman–Crippen LogP) is 4.84. The molecule has 0 amide bonds. The first-order valence-electron chi connectivity index (χ1n) is 6.66. The van der Waals surface area contributed by atoms with Crippen molar-refractivity contribution in [2.45, 2.75) is 33.1 Å². The minimum Gasteiger partial charge on any atom is -0.0622 e. The van der Waals surface area contributed by atoms with Gasteiger partial charge in [-0.2, -0.15) is 0 Å². The lowest BCUT2D eigenvalue weighted by molar-refractivity contribution is 0.311. The Hall–Kier alpha value is -1.30. The molecule has 0 heterocycles. The number of hydrogen-bond acceptors (Lipinski definition) is 0. The highest BCUT2D eigenvalue weighted by Gasteiger charge is 2.37. The first kappa shape index (κ1) is 10.8. The van der Waals surface area contributed by atoms with Gasteiger partial charge >= 0.3 is 0 Å². The number of fused-ring (bicyclic) bond motifs is 1. The second kappa shape index (κ2) is 3.87. The van der Waals surface area contributed by atoms with E-state index < -0.39 is 0 Å². The average Bonchev–Trinajstić information content (AvgIpc) is 2.75. The SMILES string of the molecule is CC1(C)CCC[C@@H]2C(c3ccccc3)=CC=C21. The molecule has 0 bridgehead atoms. The molecule has 17 heavy (non-hydrogen) atoms. The maximum Gasteiger partial charge on any atom is 0.00625 e. The van der Waals surface area contributed by atoms with Crippen LogP contribution < -0.4 is 0 Å². The summed E-state index contributed by atoms with van der Waals surface area (Å²) in [5.41, 5.74) is 4.99. The van der Waals surface area contributed by atoms with Crippen LogP contribution in [0.25, 0.3) is 5.57 Å². The van der Waals surface area contributed by atoms with Crippen LogP contribution in [0.15, 0.2) is 48.1 Å². The first-order chi connectivity index (χ1) is 8.18. The van der Waals surface area contributed by atoms with E-state index in [4.69, 9.17) is 0 Å². The lowest BCUT2D eigenvalue weighted by Gasteiger charge is -2.37. The molecule has 0 nitrogen and oxygen atoms in total. The zero-order chi connectivity index (χ0) is 11.9. The summed E-state index contributed by atoms with van der Waals surface area (Å²) in [6.07, 6.45) is 8.76. The zero-order valence-electron chi connectivity index (χ0n) is 10.7. The van der Waals surface area contributed by atoms with Gasteiger partial charge in [-0.25, -0.2) is 0 Å². The number of hydrogen-bond donors (Lipinski definition) is 0. The number of allylic oxidation sites excluding steroid dienone is 4. The van der Waals surface area contributed by atoms with Crippen LogP contribution in [0.3, 0.4) is 0 Å². The molecule has 2 aliphatic rings. The van der Waals surface area contributed by atoms with Crippen molar-refractivity contribution in [1.82, 2.24) is 0 Å². The van der Waals surface area contributed by atoms with Gasteiger partial charge < -0.3 is 0 Å². The molecule has 1 saturated carbocycles. The van der Waals surface area contributed by atoms with Crippen LogP contribution in [-0.4, -0.2) is 0 Å². The quantitative estimate of drug-likeness (QED) is 0.640.